The summed E-state index contributed by atoms with van der Waals surface area (Å²) in [6.45, 7) is 6.36. The molecule has 0 saturated carbocycles. The molecule has 0 aromatic heterocycles. The van der Waals surface area contributed by atoms with Crippen molar-refractivity contribution in [2.75, 3.05) is 6.61 Å². The summed E-state index contributed by atoms with van der Waals surface area (Å²) in [6.07, 6.45) is 1.82. The Kier molecular flexibility index (Phi) is 6.67. The highest BCUT2D eigenvalue weighted by Gasteiger charge is 1.89. The molecule has 1 nitrogen and oxygen atoms in total. The quantitative estimate of drug-likeness (QED) is 0.749. The maximum Gasteiger partial charge on any atom is 0.119 e. The molecule has 0 fully saturated rings. The molecule has 2 rings (SSSR count). The number of rotatable bonds is 3. The first-order valence-corrected chi connectivity index (χ1v) is 6.20. The first-order chi connectivity index (χ1) is 8.76. The van der Waals surface area contributed by atoms with Gasteiger partial charge in [-0.25, -0.2) is 0 Å². The second-order valence-electron chi connectivity index (χ2n) is 3.50. The van der Waals surface area contributed by atoms with Gasteiger partial charge >= 0.3 is 0 Å². The number of ether oxygens (including phenoxy) is 1. The average molecular weight is 261 g/mol. The van der Waals surface area contributed by atoms with E-state index in [0.717, 1.165) is 16.3 Å². The van der Waals surface area contributed by atoms with Crippen molar-refractivity contribution in [3.63, 3.8) is 0 Å². The Labute approximate surface area is 114 Å². The van der Waals surface area contributed by atoms with Gasteiger partial charge in [0.15, 0.2) is 0 Å². The monoisotopic (exact) mass is 260 g/mol. The predicted octanol–water partition coefficient (Wildman–Crippen LogP) is 5.07. The van der Waals surface area contributed by atoms with Gasteiger partial charge in [-0.05, 0) is 36.8 Å². The van der Waals surface area contributed by atoms with Crippen LogP contribution in [0.3, 0.4) is 0 Å². The third-order valence-electron chi connectivity index (χ3n) is 2.16. The van der Waals surface area contributed by atoms with Crippen LogP contribution in [0, 0.1) is 0 Å². The molecule has 2 heteroatoms. The van der Waals surface area contributed by atoms with E-state index in [-0.39, 0.29) is 0 Å². The lowest BCUT2D eigenvalue weighted by Crippen LogP contribution is -1.90. The second-order valence-corrected chi connectivity index (χ2v) is 3.94. The van der Waals surface area contributed by atoms with E-state index in [0.29, 0.717) is 6.61 Å². The zero-order valence-corrected chi connectivity index (χ0v) is 11.2. The van der Waals surface area contributed by atoms with Gasteiger partial charge < -0.3 is 4.74 Å². The SMILES string of the molecule is C=Cc1ccc(OCC)cc1.Clc1ccccc1. The largest absolute Gasteiger partial charge is 0.494 e. The van der Waals surface area contributed by atoms with E-state index in [1.807, 2.05) is 67.6 Å². The fraction of sp³-hybridized carbons (Fsp3) is 0.125. The summed E-state index contributed by atoms with van der Waals surface area (Å²) in [6, 6.07) is 17.3. The first kappa shape index (κ1) is 14.3. The highest BCUT2D eigenvalue weighted by atomic mass is 35.5. The Morgan fingerprint density at radius 3 is 2.06 bits per heavy atom. The highest BCUT2D eigenvalue weighted by molar-refractivity contribution is 6.30. The molecular formula is C16H17ClO. The van der Waals surface area contributed by atoms with E-state index >= 15 is 0 Å². The Morgan fingerprint density at radius 1 is 1.06 bits per heavy atom. The molecule has 0 bridgehead atoms. The van der Waals surface area contributed by atoms with Crippen LogP contribution >= 0.6 is 11.6 Å². The summed E-state index contributed by atoms with van der Waals surface area (Å²) >= 11 is 5.54. The van der Waals surface area contributed by atoms with Gasteiger partial charge in [-0.3, -0.25) is 0 Å². The Balaban J connectivity index is 0.000000199. The van der Waals surface area contributed by atoms with E-state index in [4.69, 9.17) is 16.3 Å². The van der Waals surface area contributed by atoms with Crippen LogP contribution in [-0.4, -0.2) is 6.61 Å². The van der Waals surface area contributed by atoms with Crippen LogP contribution in [0.5, 0.6) is 5.75 Å². The maximum absolute atomic E-state index is 5.54. The van der Waals surface area contributed by atoms with E-state index < -0.39 is 0 Å². The van der Waals surface area contributed by atoms with Crippen molar-refractivity contribution in [2.24, 2.45) is 0 Å². The summed E-state index contributed by atoms with van der Waals surface area (Å²) in [5.74, 6) is 0.915. The molecule has 0 atom stereocenters. The van der Waals surface area contributed by atoms with Crippen molar-refractivity contribution in [2.45, 2.75) is 6.92 Å². The molecule has 0 heterocycles. The van der Waals surface area contributed by atoms with E-state index in [1.165, 1.54) is 0 Å². The van der Waals surface area contributed by atoms with Crippen LogP contribution in [0.2, 0.25) is 5.02 Å². The van der Waals surface area contributed by atoms with Crippen molar-refractivity contribution in [3.05, 3.63) is 71.8 Å². The molecule has 0 aliphatic carbocycles. The number of hydrogen-bond donors (Lipinski definition) is 0. The molecule has 0 amide bonds. The first-order valence-electron chi connectivity index (χ1n) is 5.82. The van der Waals surface area contributed by atoms with Crippen LogP contribution in [0.25, 0.3) is 6.08 Å². The molecule has 2 aromatic carbocycles. The Morgan fingerprint density at radius 2 is 1.67 bits per heavy atom. The second kappa shape index (κ2) is 8.37. The predicted molar refractivity (Wildman–Crippen MR) is 79.2 cm³/mol. The van der Waals surface area contributed by atoms with Crippen LogP contribution < -0.4 is 4.74 Å². The van der Waals surface area contributed by atoms with Gasteiger partial charge in [0.2, 0.25) is 0 Å². The molecule has 0 N–H and O–H groups in total. The zero-order valence-electron chi connectivity index (χ0n) is 10.5. The molecule has 0 unspecified atom stereocenters. The Bertz CT molecular complexity index is 448. The lowest BCUT2D eigenvalue weighted by atomic mass is 10.2. The smallest absolute Gasteiger partial charge is 0.119 e. The standard InChI is InChI=1S/C10H12O.C6H5Cl/c1-3-9-5-7-10(8-6-9)11-4-2;7-6-4-2-1-3-5-6/h3,5-8H,1,4H2,2H3;1-5H. The molecule has 2 aromatic rings. The van der Waals surface area contributed by atoms with Gasteiger partial charge in [0, 0.05) is 5.02 Å². The fourth-order valence-electron chi connectivity index (χ4n) is 1.28. The van der Waals surface area contributed by atoms with Gasteiger partial charge in [0.1, 0.15) is 5.75 Å². The molecule has 18 heavy (non-hydrogen) atoms. The lowest BCUT2D eigenvalue weighted by Gasteiger charge is -2.01. The summed E-state index contributed by atoms with van der Waals surface area (Å²) in [4.78, 5) is 0. The third kappa shape index (κ3) is 5.55. The molecule has 0 spiro atoms. The number of halogens is 1. The molecular weight excluding hydrogens is 244 g/mol. The topological polar surface area (TPSA) is 9.23 Å². The van der Waals surface area contributed by atoms with Crippen LogP contribution in [0.15, 0.2) is 61.2 Å². The van der Waals surface area contributed by atoms with Crippen LogP contribution in [0.4, 0.5) is 0 Å². The number of benzene rings is 2. The molecule has 0 aliphatic rings. The van der Waals surface area contributed by atoms with Gasteiger partial charge in [-0.15, -0.1) is 0 Å². The maximum atomic E-state index is 5.54. The summed E-state index contributed by atoms with van der Waals surface area (Å²) in [7, 11) is 0. The van der Waals surface area contributed by atoms with Gasteiger partial charge in [0.25, 0.3) is 0 Å². The Hall–Kier alpha value is -1.73. The summed E-state index contributed by atoms with van der Waals surface area (Å²) < 4.78 is 5.27. The van der Waals surface area contributed by atoms with E-state index in [9.17, 15) is 0 Å². The minimum Gasteiger partial charge on any atom is -0.494 e. The highest BCUT2D eigenvalue weighted by Crippen LogP contribution is 2.12. The zero-order chi connectivity index (χ0) is 13.2. The van der Waals surface area contributed by atoms with Crippen molar-refractivity contribution in [1.82, 2.24) is 0 Å². The summed E-state index contributed by atoms with van der Waals surface area (Å²) in [5.41, 5.74) is 1.12. The third-order valence-corrected chi connectivity index (χ3v) is 2.41. The lowest BCUT2D eigenvalue weighted by molar-refractivity contribution is 0.340. The molecule has 94 valence electrons. The minimum absolute atomic E-state index is 0.716. The van der Waals surface area contributed by atoms with Crippen molar-refractivity contribution < 1.29 is 4.74 Å². The van der Waals surface area contributed by atoms with E-state index in [1.54, 1.807) is 0 Å². The summed E-state index contributed by atoms with van der Waals surface area (Å²) in [5, 5.41) is 0.794. The molecule has 0 aliphatic heterocycles. The van der Waals surface area contributed by atoms with Crippen LogP contribution in [-0.2, 0) is 0 Å². The van der Waals surface area contributed by atoms with Crippen LogP contribution in [0.1, 0.15) is 12.5 Å². The fourth-order valence-corrected chi connectivity index (χ4v) is 1.43. The van der Waals surface area contributed by atoms with Crippen molar-refractivity contribution >= 4 is 17.7 Å². The van der Waals surface area contributed by atoms with Gasteiger partial charge in [-0.1, -0.05) is 54.6 Å². The molecule has 0 saturated heterocycles. The van der Waals surface area contributed by atoms with E-state index in [2.05, 4.69) is 6.58 Å². The average Bonchev–Trinajstić information content (AvgIpc) is 2.42. The normalized spacial score (nSPS) is 9.00. The van der Waals surface area contributed by atoms with Crippen molar-refractivity contribution in [1.29, 1.82) is 0 Å². The van der Waals surface area contributed by atoms with Gasteiger partial charge in [0.05, 0.1) is 6.61 Å². The van der Waals surface area contributed by atoms with Crippen molar-refractivity contribution in [3.8, 4) is 5.75 Å². The minimum atomic E-state index is 0.716. The molecule has 0 radical (unpaired) electrons. The van der Waals surface area contributed by atoms with Gasteiger partial charge in [-0.2, -0.15) is 0 Å². The number of hydrogen-bond acceptors (Lipinski definition) is 1.